The van der Waals surface area contributed by atoms with E-state index in [-0.39, 0.29) is 16.1 Å². The SMILES string of the molecule is Cc1nc(N)c(Br)c(C(F)(F)F)n1. The molecule has 0 amide bonds. The van der Waals surface area contributed by atoms with Crippen molar-refractivity contribution in [1.82, 2.24) is 9.97 Å². The van der Waals surface area contributed by atoms with Crippen LogP contribution in [0.2, 0.25) is 0 Å². The molecule has 7 heteroatoms. The Balaban J connectivity index is 3.37. The molecule has 0 aliphatic carbocycles. The maximum atomic E-state index is 12.2. The lowest BCUT2D eigenvalue weighted by Gasteiger charge is -2.09. The van der Waals surface area contributed by atoms with Gasteiger partial charge in [-0.25, -0.2) is 9.97 Å². The smallest absolute Gasteiger partial charge is 0.383 e. The van der Waals surface area contributed by atoms with Crippen LogP contribution < -0.4 is 5.73 Å². The monoisotopic (exact) mass is 255 g/mol. The Bertz CT molecular complexity index is 337. The number of rotatable bonds is 0. The first-order chi connectivity index (χ1) is 5.82. The molecule has 2 N–H and O–H groups in total. The minimum Gasteiger partial charge on any atom is -0.383 e. The molecule has 0 saturated carbocycles. The first-order valence-corrected chi connectivity index (χ1v) is 3.98. The van der Waals surface area contributed by atoms with Gasteiger partial charge in [0, 0.05) is 0 Å². The largest absolute Gasteiger partial charge is 0.434 e. The number of nitrogens with two attached hydrogens (primary N) is 1. The quantitative estimate of drug-likeness (QED) is 0.773. The molecular formula is C6H5BrF3N3. The van der Waals surface area contributed by atoms with Gasteiger partial charge in [-0.3, -0.25) is 0 Å². The lowest BCUT2D eigenvalue weighted by atomic mass is 10.3. The van der Waals surface area contributed by atoms with E-state index in [1.165, 1.54) is 6.92 Å². The van der Waals surface area contributed by atoms with Crippen molar-refractivity contribution in [3.05, 3.63) is 16.0 Å². The predicted molar refractivity (Wildman–Crippen MR) is 43.9 cm³/mol. The molecule has 0 radical (unpaired) electrons. The van der Waals surface area contributed by atoms with E-state index in [0.717, 1.165) is 0 Å². The van der Waals surface area contributed by atoms with E-state index in [4.69, 9.17) is 5.73 Å². The summed E-state index contributed by atoms with van der Waals surface area (Å²) < 4.78 is 36.4. The second kappa shape index (κ2) is 3.13. The zero-order valence-electron chi connectivity index (χ0n) is 6.48. The van der Waals surface area contributed by atoms with Crippen LogP contribution in [0.5, 0.6) is 0 Å². The summed E-state index contributed by atoms with van der Waals surface area (Å²) in [6.07, 6.45) is -4.51. The number of hydrogen-bond acceptors (Lipinski definition) is 3. The number of nitrogen functional groups attached to an aromatic ring is 1. The molecule has 0 aliphatic rings. The van der Waals surface area contributed by atoms with Crippen LogP contribution in [0.15, 0.2) is 4.47 Å². The van der Waals surface area contributed by atoms with Gasteiger partial charge in [0.1, 0.15) is 11.6 Å². The molecule has 0 aliphatic heterocycles. The highest BCUT2D eigenvalue weighted by molar-refractivity contribution is 9.10. The fourth-order valence-electron chi connectivity index (χ4n) is 0.768. The van der Waals surface area contributed by atoms with Gasteiger partial charge in [-0.1, -0.05) is 0 Å². The van der Waals surface area contributed by atoms with Crippen molar-refractivity contribution in [3.8, 4) is 0 Å². The molecule has 0 unspecified atom stereocenters. The first kappa shape index (κ1) is 10.2. The van der Waals surface area contributed by atoms with E-state index in [2.05, 4.69) is 25.9 Å². The van der Waals surface area contributed by atoms with E-state index in [0.29, 0.717) is 0 Å². The van der Waals surface area contributed by atoms with E-state index in [9.17, 15) is 13.2 Å². The normalized spacial score (nSPS) is 11.8. The maximum absolute atomic E-state index is 12.2. The van der Waals surface area contributed by atoms with E-state index < -0.39 is 11.9 Å². The number of anilines is 1. The molecule has 1 heterocycles. The molecule has 1 rings (SSSR count). The van der Waals surface area contributed by atoms with Crippen LogP contribution in [-0.2, 0) is 6.18 Å². The number of halogens is 4. The van der Waals surface area contributed by atoms with Crippen LogP contribution in [0.25, 0.3) is 0 Å². The summed E-state index contributed by atoms with van der Waals surface area (Å²) in [6.45, 7) is 1.35. The van der Waals surface area contributed by atoms with Crippen LogP contribution in [0.1, 0.15) is 11.5 Å². The highest BCUT2D eigenvalue weighted by Gasteiger charge is 2.36. The molecule has 0 fully saturated rings. The standard InChI is InChI=1S/C6H5BrF3N3/c1-2-12-4(6(8,9)10)3(7)5(11)13-2/h1H3,(H2,11,12,13). The van der Waals surface area contributed by atoms with Gasteiger partial charge in [0.05, 0.1) is 4.47 Å². The summed E-state index contributed by atoms with van der Waals surface area (Å²) in [4.78, 5) is 6.81. The van der Waals surface area contributed by atoms with Gasteiger partial charge in [-0.15, -0.1) is 0 Å². The highest BCUT2D eigenvalue weighted by Crippen LogP contribution is 2.35. The van der Waals surface area contributed by atoms with Crippen LogP contribution in [-0.4, -0.2) is 9.97 Å². The first-order valence-electron chi connectivity index (χ1n) is 3.19. The van der Waals surface area contributed by atoms with Gasteiger partial charge in [0.25, 0.3) is 0 Å². The molecule has 0 saturated heterocycles. The second-order valence-electron chi connectivity index (χ2n) is 2.32. The summed E-state index contributed by atoms with van der Waals surface area (Å²) in [7, 11) is 0. The van der Waals surface area contributed by atoms with Crippen molar-refractivity contribution in [1.29, 1.82) is 0 Å². The molecule has 13 heavy (non-hydrogen) atoms. The molecule has 3 nitrogen and oxygen atoms in total. The molecule has 1 aromatic rings. The maximum Gasteiger partial charge on any atom is 0.434 e. The van der Waals surface area contributed by atoms with Gasteiger partial charge in [0.15, 0.2) is 5.69 Å². The van der Waals surface area contributed by atoms with Gasteiger partial charge in [0.2, 0.25) is 0 Å². The third-order valence-electron chi connectivity index (χ3n) is 1.26. The number of nitrogens with zero attached hydrogens (tertiary/aromatic N) is 2. The summed E-state index contributed by atoms with van der Waals surface area (Å²) in [6, 6.07) is 0. The Morgan fingerprint density at radius 1 is 1.31 bits per heavy atom. The van der Waals surface area contributed by atoms with E-state index >= 15 is 0 Å². The van der Waals surface area contributed by atoms with Crippen molar-refractivity contribution in [2.24, 2.45) is 0 Å². The molecule has 0 bridgehead atoms. The van der Waals surface area contributed by atoms with Crippen molar-refractivity contribution in [2.45, 2.75) is 13.1 Å². The lowest BCUT2D eigenvalue weighted by Crippen LogP contribution is -2.12. The number of aromatic nitrogens is 2. The third-order valence-corrected chi connectivity index (χ3v) is 2.04. The van der Waals surface area contributed by atoms with Gasteiger partial charge >= 0.3 is 6.18 Å². The van der Waals surface area contributed by atoms with Crippen molar-refractivity contribution in [2.75, 3.05) is 5.73 Å². The Labute approximate surface area is 80.3 Å². The van der Waals surface area contributed by atoms with Gasteiger partial charge < -0.3 is 5.73 Å². The van der Waals surface area contributed by atoms with E-state index in [1.54, 1.807) is 0 Å². The molecule has 0 atom stereocenters. The Morgan fingerprint density at radius 2 is 1.85 bits per heavy atom. The second-order valence-corrected chi connectivity index (χ2v) is 3.11. The Morgan fingerprint density at radius 3 is 2.31 bits per heavy atom. The van der Waals surface area contributed by atoms with Crippen LogP contribution in [0, 0.1) is 6.92 Å². The van der Waals surface area contributed by atoms with Crippen LogP contribution in [0.3, 0.4) is 0 Å². The third kappa shape index (κ3) is 2.09. The fraction of sp³-hybridized carbons (Fsp3) is 0.333. The lowest BCUT2D eigenvalue weighted by molar-refractivity contribution is -0.141. The average Bonchev–Trinajstić information content (AvgIpc) is 1.94. The molecular weight excluding hydrogens is 251 g/mol. The zero-order chi connectivity index (χ0) is 10.2. The fourth-order valence-corrected chi connectivity index (χ4v) is 1.17. The molecule has 0 aromatic carbocycles. The van der Waals surface area contributed by atoms with Crippen LogP contribution in [0.4, 0.5) is 19.0 Å². The average molecular weight is 256 g/mol. The van der Waals surface area contributed by atoms with Gasteiger partial charge in [-0.05, 0) is 22.9 Å². The Hall–Kier alpha value is -0.850. The topological polar surface area (TPSA) is 51.8 Å². The van der Waals surface area contributed by atoms with Gasteiger partial charge in [-0.2, -0.15) is 13.2 Å². The summed E-state index contributed by atoms with van der Waals surface area (Å²) in [5.74, 6) is -0.215. The zero-order valence-corrected chi connectivity index (χ0v) is 8.07. The van der Waals surface area contributed by atoms with Crippen LogP contribution >= 0.6 is 15.9 Å². The molecule has 1 aromatic heterocycles. The Kier molecular flexibility index (Phi) is 2.47. The number of aryl methyl sites for hydroxylation is 1. The van der Waals surface area contributed by atoms with Crippen molar-refractivity contribution in [3.63, 3.8) is 0 Å². The summed E-state index contributed by atoms with van der Waals surface area (Å²) in [5, 5.41) is 0. The number of hydrogen-bond donors (Lipinski definition) is 1. The van der Waals surface area contributed by atoms with Crippen molar-refractivity contribution >= 4 is 21.7 Å². The number of alkyl halides is 3. The highest BCUT2D eigenvalue weighted by atomic mass is 79.9. The molecule has 72 valence electrons. The molecule has 0 spiro atoms. The summed E-state index contributed by atoms with van der Waals surface area (Å²) in [5.41, 5.74) is 4.18. The minimum atomic E-state index is -4.51. The predicted octanol–water partition coefficient (Wildman–Crippen LogP) is 2.15. The summed E-state index contributed by atoms with van der Waals surface area (Å²) >= 11 is 2.68. The van der Waals surface area contributed by atoms with E-state index in [1.807, 2.05) is 0 Å². The van der Waals surface area contributed by atoms with Crippen molar-refractivity contribution < 1.29 is 13.2 Å². The minimum absolute atomic E-state index is 0.00646.